The van der Waals surface area contributed by atoms with E-state index < -0.39 is 12.3 Å². The lowest BCUT2D eigenvalue weighted by molar-refractivity contribution is -0.160. The third-order valence-electron chi connectivity index (χ3n) is 14.9. The summed E-state index contributed by atoms with van der Waals surface area (Å²) in [7, 11) is 0. The van der Waals surface area contributed by atoms with Crippen LogP contribution in [0.2, 0.25) is 0 Å². The molecule has 456 valence electrons. The van der Waals surface area contributed by atoms with Crippen LogP contribution in [0.5, 0.6) is 0 Å². The maximum absolute atomic E-state index is 13.3. The van der Waals surface area contributed by atoms with Crippen molar-refractivity contribution in [2.24, 2.45) is 0 Å². The molecule has 1 aromatic rings. The predicted octanol–water partition coefficient (Wildman–Crippen LogP) is 16.6. The maximum Gasteiger partial charge on any atom is 0.306 e. The minimum Gasteiger partial charge on any atom is -0.466 e. The summed E-state index contributed by atoms with van der Waals surface area (Å²) >= 11 is 0. The average Bonchev–Trinajstić information content (AvgIpc) is 3.97. The molecule has 0 aromatic heterocycles. The molecule has 1 aliphatic heterocycles. The lowest BCUT2D eigenvalue weighted by Crippen LogP contribution is -2.23. The summed E-state index contributed by atoms with van der Waals surface area (Å²) in [5.74, 6) is -1.40. The highest BCUT2D eigenvalue weighted by molar-refractivity contribution is 5.71. The van der Waals surface area contributed by atoms with Crippen molar-refractivity contribution in [3.63, 3.8) is 0 Å². The summed E-state index contributed by atoms with van der Waals surface area (Å²) in [6.07, 6.45) is 37.2. The number of carbonyl (C=O) groups excluding carboxylic acids is 5. The van der Waals surface area contributed by atoms with Crippen LogP contribution in [-0.2, 0) is 77.0 Å². The average molecular weight is 1110 g/mol. The van der Waals surface area contributed by atoms with Crippen LogP contribution in [0.4, 0.5) is 0 Å². The molecule has 0 spiro atoms. The van der Waals surface area contributed by atoms with E-state index in [0.717, 1.165) is 116 Å². The zero-order valence-corrected chi connectivity index (χ0v) is 50.9. The Kier molecular flexibility index (Phi) is 46.5. The molecule has 0 amide bonds. The van der Waals surface area contributed by atoms with Crippen LogP contribution in [0.1, 0.15) is 301 Å². The summed E-state index contributed by atoms with van der Waals surface area (Å²) in [5.41, 5.74) is 2.05. The number of ether oxygens (including phenoxy) is 7. The zero-order chi connectivity index (χ0) is 57.1. The van der Waals surface area contributed by atoms with Crippen LogP contribution in [0.15, 0.2) is 18.2 Å². The molecule has 0 radical (unpaired) electrons. The van der Waals surface area contributed by atoms with E-state index in [0.29, 0.717) is 75.0 Å². The van der Waals surface area contributed by atoms with Crippen molar-refractivity contribution in [2.45, 2.75) is 317 Å². The van der Waals surface area contributed by atoms with Gasteiger partial charge in [0, 0.05) is 45.3 Å². The Labute approximate surface area is 481 Å². The molecule has 0 aliphatic carbocycles. The smallest absolute Gasteiger partial charge is 0.306 e. The van der Waals surface area contributed by atoms with Crippen LogP contribution < -0.4 is 0 Å². The van der Waals surface area contributed by atoms with Gasteiger partial charge in [-0.1, -0.05) is 175 Å². The highest BCUT2D eigenvalue weighted by Gasteiger charge is 2.20. The molecule has 1 aliphatic rings. The van der Waals surface area contributed by atoms with Gasteiger partial charge in [0.1, 0.15) is 25.9 Å². The van der Waals surface area contributed by atoms with Gasteiger partial charge in [-0.3, -0.25) is 24.0 Å². The summed E-state index contributed by atoms with van der Waals surface area (Å²) in [5, 5.41) is 0. The van der Waals surface area contributed by atoms with E-state index in [1.165, 1.54) is 103 Å². The minimum absolute atomic E-state index is 0.0104. The molecule has 13 nitrogen and oxygen atoms in total. The Balaban J connectivity index is 1.96. The topological polar surface area (TPSA) is 153 Å². The molecule has 1 fully saturated rings. The van der Waals surface area contributed by atoms with E-state index in [4.69, 9.17) is 33.2 Å². The third kappa shape index (κ3) is 42.9. The van der Waals surface area contributed by atoms with Crippen LogP contribution in [0, 0.1) is 0 Å². The third-order valence-corrected chi connectivity index (χ3v) is 14.9. The molecule has 79 heavy (non-hydrogen) atoms. The lowest BCUT2D eigenvalue weighted by Gasteiger charge is -2.19. The molecule has 2 rings (SSSR count). The Morgan fingerprint density at radius 1 is 0.380 bits per heavy atom. The van der Waals surface area contributed by atoms with Gasteiger partial charge in [0.05, 0.1) is 13.0 Å². The van der Waals surface area contributed by atoms with Crippen molar-refractivity contribution < 1.29 is 57.1 Å². The van der Waals surface area contributed by atoms with Crippen LogP contribution in [0.3, 0.4) is 0 Å². The van der Waals surface area contributed by atoms with E-state index in [1.807, 2.05) is 18.2 Å². The number of rotatable bonds is 55. The molecule has 13 heteroatoms. The fourth-order valence-electron chi connectivity index (χ4n) is 10.0. The Hall–Kier alpha value is -3.55. The first-order chi connectivity index (χ1) is 38.6. The van der Waals surface area contributed by atoms with Crippen LogP contribution >= 0.6 is 0 Å². The molecule has 0 saturated carbocycles. The summed E-state index contributed by atoms with van der Waals surface area (Å²) in [4.78, 5) is 67.0. The molecule has 1 aromatic carbocycles. The highest BCUT2D eigenvalue weighted by Crippen LogP contribution is 2.20. The maximum atomic E-state index is 13.3. The number of hydrogen-bond donors (Lipinski definition) is 0. The number of nitrogens with zero attached hydrogens (tertiary/aromatic N) is 1. The van der Waals surface area contributed by atoms with Gasteiger partial charge in [0.25, 0.3) is 0 Å². The van der Waals surface area contributed by atoms with Crippen LogP contribution in [-0.4, -0.2) is 86.6 Å². The van der Waals surface area contributed by atoms with Gasteiger partial charge in [0.2, 0.25) is 0 Å². The Bertz CT molecular complexity index is 1650. The number of esters is 5. The van der Waals surface area contributed by atoms with Crippen molar-refractivity contribution in [1.82, 2.24) is 4.90 Å². The van der Waals surface area contributed by atoms with Crippen molar-refractivity contribution in [3.05, 3.63) is 34.9 Å². The largest absolute Gasteiger partial charge is 0.466 e. The number of benzene rings is 1. The molecule has 0 N–H and O–H groups in total. The second-order valence-corrected chi connectivity index (χ2v) is 22.5. The molecule has 1 heterocycles. The van der Waals surface area contributed by atoms with Gasteiger partial charge in [-0.25, -0.2) is 0 Å². The first-order valence-electron chi connectivity index (χ1n) is 32.5. The van der Waals surface area contributed by atoms with Gasteiger partial charge in [-0.05, 0) is 125 Å². The van der Waals surface area contributed by atoms with Gasteiger partial charge in [0.15, 0.2) is 6.29 Å². The summed E-state index contributed by atoms with van der Waals surface area (Å²) in [6, 6.07) is 5.55. The summed E-state index contributed by atoms with van der Waals surface area (Å²) < 4.78 is 41.0. The first-order valence-corrected chi connectivity index (χ1v) is 32.5. The quantitative estimate of drug-likeness (QED) is 0.0263. The molecule has 0 bridgehead atoms. The fraction of sp³-hybridized carbons (Fsp3) is 0.833. The number of hydrogen-bond acceptors (Lipinski definition) is 13. The standard InChI is InChI=1S/C66H115NO12/c1-5-9-13-17-20-21-27-33-48-73-61(68)38-29-23-22-24-30-39-62(69)76-54-57-51-58(55-77-63(70)42-41-60(37-28-16-12-8-4)79-65(72)40-36-47-67-45-31-32-46-67)53-59(52-57)56-78-64(71)43-44-66(74-49-34-25-18-14-10-6-2)75-50-35-26-19-15-11-7-3/h51-53,60,66H,5-50,54-56H2,1-4H3. The van der Waals surface area contributed by atoms with Crippen molar-refractivity contribution >= 4 is 29.8 Å². The van der Waals surface area contributed by atoms with Crippen molar-refractivity contribution in [3.8, 4) is 0 Å². The normalized spacial score (nSPS) is 13.0. The zero-order valence-electron chi connectivity index (χ0n) is 50.9. The molecule has 1 saturated heterocycles. The predicted molar refractivity (Wildman–Crippen MR) is 316 cm³/mol. The number of unbranched alkanes of at least 4 members (excludes halogenated alkanes) is 24. The van der Waals surface area contributed by atoms with E-state index >= 15 is 0 Å². The monoisotopic (exact) mass is 1110 g/mol. The minimum atomic E-state index is -0.476. The molecular formula is C66H115NO12. The summed E-state index contributed by atoms with van der Waals surface area (Å²) in [6.45, 7) is 13.6. The first kappa shape index (κ1) is 71.6. The fourth-order valence-corrected chi connectivity index (χ4v) is 10.0. The van der Waals surface area contributed by atoms with E-state index in [1.54, 1.807) is 0 Å². The number of carbonyl (C=O) groups is 5. The van der Waals surface area contributed by atoms with Gasteiger partial charge in [-0.2, -0.15) is 0 Å². The Morgan fingerprint density at radius 3 is 1.22 bits per heavy atom. The van der Waals surface area contributed by atoms with E-state index in [2.05, 4.69) is 32.6 Å². The van der Waals surface area contributed by atoms with Crippen molar-refractivity contribution in [1.29, 1.82) is 0 Å². The SMILES string of the molecule is CCCCCCCCCCOC(=O)CCCCCCCC(=O)OCc1cc(COC(=O)CCC(CCCCCC)OC(=O)CCCN2CCCC2)cc(COC(=O)CCC(OCCCCCCCC)OCCCCCCCC)c1. The lowest BCUT2D eigenvalue weighted by atomic mass is 10.0. The van der Waals surface area contributed by atoms with Crippen LogP contribution in [0.25, 0.3) is 0 Å². The van der Waals surface area contributed by atoms with Gasteiger partial charge in [-0.15, -0.1) is 0 Å². The second kappa shape index (κ2) is 51.3. The van der Waals surface area contributed by atoms with E-state index in [9.17, 15) is 24.0 Å². The second-order valence-electron chi connectivity index (χ2n) is 22.5. The molecule has 1 atom stereocenters. The van der Waals surface area contributed by atoms with Crippen molar-refractivity contribution in [2.75, 3.05) is 39.5 Å². The Morgan fingerprint density at radius 2 is 0.747 bits per heavy atom. The number of likely N-dealkylation sites (tertiary alicyclic amines) is 1. The highest BCUT2D eigenvalue weighted by atomic mass is 16.7. The van der Waals surface area contributed by atoms with E-state index in [-0.39, 0.29) is 69.1 Å². The molecular weight excluding hydrogens is 999 g/mol. The molecule has 1 unspecified atom stereocenters. The van der Waals surface area contributed by atoms with Gasteiger partial charge < -0.3 is 38.1 Å². The van der Waals surface area contributed by atoms with Gasteiger partial charge >= 0.3 is 29.8 Å².